The second kappa shape index (κ2) is 7.08. The zero-order chi connectivity index (χ0) is 20.0. The maximum Gasteiger partial charge on any atom is 0.297 e. The highest BCUT2D eigenvalue weighted by Crippen LogP contribution is 2.37. The number of benzene rings is 2. The Hall–Kier alpha value is -3.06. The van der Waals surface area contributed by atoms with Crippen LogP contribution in [0.3, 0.4) is 0 Å². The number of carbonyl (C=O) groups excluding carboxylic acids is 1. The molecule has 146 valence electrons. The van der Waals surface area contributed by atoms with E-state index < -0.39 is 0 Å². The van der Waals surface area contributed by atoms with Gasteiger partial charge in [0.15, 0.2) is 0 Å². The quantitative estimate of drug-likeness (QED) is 0.503. The van der Waals surface area contributed by atoms with Crippen LogP contribution in [-0.4, -0.2) is 27.3 Å². The summed E-state index contributed by atoms with van der Waals surface area (Å²) in [6, 6.07) is 15.3. The molecule has 29 heavy (non-hydrogen) atoms. The number of carbonyl (C=O) groups is 1. The van der Waals surface area contributed by atoms with Crippen molar-refractivity contribution in [2.75, 3.05) is 11.4 Å². The Kier molecular flexibility index (Phi) is 4.39. The van der Waals surface area contributed by atoms with E-state index in [-0.39, 0.29) is 23.6 Å². The van der Waals surface area contributed by atoms with Crippen LogP contribution in [0.1, 0.15) is 13.3 Å². The maximum atomic E-state index is 13.1. The van der Waals surface area contributed by atoms with Gasteiger partial charge in [0.25, 0.3) is 5.56 Å². The summed E-state index contributed by atoms with van der Waals surface area (Å²) in [6.45, 7) is 2.71. The van der Waals surface area contributed by atoms with Crippen molar-refractivity contribution >= 4 is 45.4 Å². The minimum Gasteiger partial charge on any atom is -0.448 e. The van der Waals surface area contributed by atoms with Gasteiger partial charge in [0.2, 0.25) is 11.5 Å². The molecular weight excluding hydrogens is 386 g/mol. The van der Waals surface area contributed by atoms with Crippen molar-refractivity contribution in [1.82, 2.24) is 9.55 Å². The fourth-order valence-electron chi connectivity index (χ4n) is 3.70. The Morgan fingerprint density at radius 1 is 1.21 bits per heavy atom. The van der Waals surface area contributed by atoms with E-state index in [1.54, 1.807) is 22.7 Å². The molecule has 1 aliphatic heterocycles. The second-order valence-electron chi connectivity index (χ2n) is 7.18. The Bertz CT molecular complexity index is 1290. The lowest BCUT2D eigenvalue weighted by Crippen LogP contribution is -2.37. The molecular formula is C22H19N3O3S. The fourth-order valence-corrected chi connectivity index (χ4v) is 4.82. The van der Waals surface area contributed by atoms with Gasteiger partial charge in [-0.1, -0.05) is 31.2 Å². The monoisotopic (exact) mass is 405 g/mol. The van der Waals surface area contributed by atoms with E-state index in [0.29, 0.717) is 22.9 Å². The van der Waals surface area contributed by atoms with Gasteiger partial charge in [-0.15, -0.1) is 11.8 Å². The molecule has 1 aliphatic rings. The van der Waals surface area contributed by atoms with Crippen molar-refractivity contribution in [2.45, 2.75) is 30.0 Å². The van der Waals surface area contributed by atoms with Crippen LogP contribution < -0.4 is 10.5 Å². The van der Waals surface area contributed by atoms with E-state index in [1.807, 2.05) is 42.5 Å². The number of furan rings is 1. The van der Waals surface area contributed by atoms with E-state index in [0.717, 1.165) is 22.4 Å². The number of thioether (sulfide) groups is 1. The molecule has 0 fully saturated rings. The first-order valence-electron chi connectivity index (χ1n) is 9.54. The predicted octanol–water partition coefficient (Wildman–Crippen LogP) is 4.06. The molecule has 2 aromatic carbocycles. The Morgan fingerprint density at radius 3 is 2.90 bits per heavy atom. The molecule has 1 unspecified atom stereocenters. The maximum absolute atomic E-state index is 13.1. The van der Waals surface area contributed by atoms with Gasteiger partial charge in [-0.3, -0.25) is 14.2 Å². The van der Waals surface area contributed by atoms with Crippen LogP contribution in [0.5, 0.6) is 0 Å². The molecule has 2 aromatic heterocycles. The summed E-state index contributed by atoms with van der Waals surface area (Å²) in [5.41, 5.74) is 1.88. The standard InChI is InChI=1S/C22H19N3O3S/c1-14-10-11-25(16-7-3-5-9-18(16)29-14)19(26)12-24-13-23-20-15-6-2-4-8-17(15)28-21(20)22(24)27/h2-9,13-14H,10-12H2,1H3. The molecule has 0 saturated carbocycles. The minimum absolute atomic E-state index is 0.0772. The molecule has 0 saturated heterocycles. The fraction of sp³-hybridized carbons (Fsp3) is 0.227. The second-order valence-corrected chi connectivity index (χ2v) is 8.66. The van der Waals surface area contributed by atoms with Gasteiger partial charge in [-0.25, -0.2) is 4.98 Å². The number of hydrogen-bond acceptors (Lipinski definition) is 5. The highest BCUT2D eigenvalue weighted by atomic mass is 32.2. The zero-order valence-electron chi connectivity index (χ0n) is 15.9. The molecule has 0 bridgehead atoms. The zero-order valence-corrected chi connectivity index (χ0v) is 16.7. The van der Waals surface area contributed by atoms with Crippen LogP contribution >= 0.6 is 11.8 Å². The average Bonchev–Trinajstić information content (AvgIpc) is 3.01. The van der Waals surface area contributed by atoms with E-state index in [2.05, 4.69) is 11.9 Å². The third-order valence-corrected chi connectivity index (χ3v) is 6.44. The van der Waals surface area contributed by atoms with Crippen LogP contribution in [0, 0.1) is 0 Å². The van der Waals surface area contributed by atoms with Crippen molar-refractivity contribution in [3.05, 3.63) is 65.2 Å². The van der Waals surface area contributed by atoms with Crippen molar-refractivity contribution in [3.63, 3.8) is 0 Å². The Balaban J connectivity index is 1.51. The van der Waals surface area contributed by atoms with Crippen molar-refractivity contribution in [2.24, 2.45) is 0 Å². The van der Waals surface area contributed by atoms with E-state index in [9.17, 15) is 9.59 Å². The van der Waals surface area contributed by atoms with Gasteiger partial charge < -0.3 is 9.32 Å². The van der Waals surface area contributed by atoms with Gasteiger partial charge in [0.1, 0.15) is 17.6 Å². The Morgan fingerprint density at radius 2 is 2.00 bits per heavy atom. The molecule has 5 rings (SSSR count). The molecule has 1 amide bonds. The molecule has 0 radical (unpaired) electrons. The number of rotatable bonds is 2. The minimum atomic E-state index is -0.342. The van der Waals surface area contributed by atoms with Gasteiger partial charge in [0, 0.05) is 22.1 Å². The molecule has 0 spiro atoms. The topological polar surface area (TPSA) is 68.3 Å². The average molecular weight is 405 g/mol. The summed E-state index contributed by atoms with van der Waals surface area (Å²) in [4.78, 5) is 33.3. The van der Waals surface area contributed by atoms with Crippen molar-refractivity contribution < 1.29 is 9.21 Å². The van der Waals surface area contributed by atoms with Gasteiger partial charge >= 0.3 is 0 Å². The number of aromatic nitrogens is 2. The van der Waals surface area contributed by atoms with Gasteiger partial charge in [0.05, 0.1) is 12.0 Å². The summed E-state index contributed by atoms with van der Waals surface area (Å²) in [7, 11) is 0. The van der Waals surface area contributed by atoms with Crippen LogP contribution in [0.4, 0.5) is 5.69 Å². The molecule has 0 aliphatic carbocycles. The van der Waals surface area contributed by atoms with Gasteiger partial charge in [-0.2, -0.15) is 0 Å². The largest absolute Gasteiger partial charge is 0.448 e. The third-order valence-electron chi connectivity index (χ3n) is 5.20. The molecule has 0 N–H and O–H groups in total. The molecule has 3 heterocycles. The van der Waals surface area contributed by atoms with Crippen LogP contribution in [-0.2, 0) is 11.3 Å². The molecule has 1 atom stereocenters. The smallest absolute Gasteiger partial charge is 0.297 e. The summed E-state index contributed by atoms with van der Waals surface area (Å²) >= 11 is 1.78. The van der Waals surface area contributed by atoms with Crippen molar-refractivity contribution in [1.29, 1.82) is 0 Å². The predicted molar refractivity (Wildman–Crippen MR) is 115 cm³/mol. The SMILES string of the molecule is CC1CCN(C(=O)Cn2cnc3c(oc4ccccc43)c2=O)c2ccccc2S1. The normalized spacial score (nSPS) is 16.7. The van der Waals surface area contributed by atoms with Gasteiger partial charge in [-0.05, 0) is 30.7 Å². The first-order valence-corrected chi connectivity index (χ1v) is 10.4. The van der Waals surface area contributed by atoms with Crippen LogP contribution in [0.15, 0.2) is 69.0 Å². The summed E-state index contributed by atoms with van der Waals surface area (Å²) in [5, 5.41) is 1.22. The third kappa shape index (κ3) is 3.11. The summed E-state index contributed by atoms with van der Waals surface area (Å²) < 4.78 is 7.05. The number of nitrogens with zero attached hydrogens (tertiary/aromatic N) is 3. The summed E-state index contributed by atoms with van der Waals surface area (Å²) in [5.74, 6) is -0.133. The summed E-state index contributed by atoms with van der Waals surface area (Å²) in [6.07, 6.45) is 2.33. The lowest BCUT2D eigenvalue weighted by molar-refractivity contribution is -0.119. The van der Waals surface area contributed by atoms with E-state index >= 15 is 0 Å². The number of hydrogen-bond donors (Lipinski definition) is 0. The Labute approximate surface area is 171 Å². The van der Waals surface area contributed by atoms with Crippen LogP contribution in [0.25, 0.3) is 22.1 Å². The number of amides is 1. The lowest BCUT2D eigenvalue weighted by Gasteiger charge is -2.22. The van der Waals surface area contributed by atoms with E-state index in [4.69, 9.17) is 4.42 Å². The number of para-hydroxylation sites is 2. The first kappa shape index (κ1) is 18.0. The van der Waals surface area contributed by atoms with E-state index in [1.165, 1.54) is 10.9 Å². The highest BCUT2D eigenvalue weighted by Gasteiger charge is 2.25. The lowest BCUT2D eigenvalue weighted by atomic mass is 10.2. The first-order chi connectivity index (χ1) is 14.1. The highest BCUT2D eigenvalue weighted by molar-refractivity contribution is 8.00. The molecule has 7 heteroatoms. The molecule has 6 nitrogen and oxygen atoms in total. The number of fused-ring (bicyclic) bond motifs is 4. The van der Waals surface area contributed by atoms with Crippen molar-refractivity contribution in [3.8, 4) is 0 Å². The molecule has 4 aromatic rings. The van der Waals surface area contributed by atoms with Crippen LogP contribution in [0.2, 0.25) is 0 Å². The number of anilines is 1.